The largest absolute Gasteiger partial charge is 0.480 e. The van der Waals surface area contributed by atoms with Crippen molar-refractivity contribution in [1.82, 2.24) is 9.88 Å². The SMILES string of the molecule is COc1ncccc1C(=O)N(CC(=O)O)CC1CC1. The number of methoxy groups -OCH3 is 1. The predicted molar refractivity (Wildman–Crippen MR) is 67.1 cm³/mol. The Bertz CT molecular complexity index is 485. The van der Waals surface area contributed by atoms with Crippen LogP contribution in [0.1, 0.15) is 23.2 Å². The fourth-order valence-corrected chi connectivity index (χ4v) is 1.88. The molecule has 102 valence electrons. The van der Waals surface area contributed by atoms with E-state index in [0.29, 0.717) is 18.0 Å². The maximum Gasteiger partial charge on any atom is 0.323 e. The summed E-state index contributed by atoms with van der Waals surface area (Å²) in [5, 5.41) is 8.90. The first-order chi connectivity index (χ1) is 9.11. The Morgan fingerprint density at radius 1 is 1.53 bits per heavy atom. The van der Waals surface area contributed by atoms with E-state index in [4.69, 9.17) is 9.84 Å². The van der Waals surface area contributed by atoms with Crippen molar-refractivity contribution in [2.45, 2.75) is 12.8 Å². The van der Waals surface area contributed by atoms with Crippen LogP contribution >= 0.6 is 0 Å². The Labute approximate surface area is 111 Å². The van der Waals surface area contributed by atoms with E-state index in [1.807, 2.05) is 0 Å². The number of aromatic nitrogens is 1. The third-order valence-corrected chi connectivity index (χ3v) is 2.98. The Balaban J connectivity index is 2.19. The molecule has 0 spiro atoms. The number of carboxylic acid groups (broad SMARTS) is 1. The number of carboxylic acids is 1. The third kappa shape index (κ3) is 3.43. The molecule has 1 heterocycles. The zero-order valence-electron chi connectivity index (χ0n) is 10.7. The van der Waals surface area contributed by atoms with Gasteiger partial charge in [-0.2, -0.15) is 0 Å². The summed E-state index contributed by atoms with van der Waals surface area (Å²) in [5.41, 5.74) is 0.298. The number of carbonyl (C=O) groups excluding carboxylic acids is 1. The summed E-state index contributed by atoms with van der Waals surface area (Å²) in [6, 6.07) is 3.22. The summed E-state index contributed by atoms with van der Waals surface area (Å²) in [6.45, 7) is 0.177. The number of rotatable bonds is 6. The van der Waals surface area contributed by atoms with Crippen molar-refractivity contribution in [2.24, 2.45) is 5.92 Å². The van der Waals surface area contributed by atoms with Crippen LogP contribution in [0.15, 0.2) is 18.3 Å². The van der Waals surface area contributed by atoms with Crippen LogP contribution in [0.4, 0.5) is 0 Å². The first-order valence-corrected chi connectivity index (χ1v) is 6.12. The van der Waals surface area contributed by atoms with Crippen LogP contribution < -0.4 is 4.74 Å². The van der Waals surface area contributed by atoms with E-state index in [9.17, 15) is 9.59 Å². The number of amides is 1. The Hall–Kier alpha value is -2.11. The number of carbonyl (C=O) groups is 2. The van der Waals surface area contributed by atoms with Gasteiger partial charge in [0.25, 0.3) is 5.91 Å². The minimum absolute atomic E-state index is 0.221. The molecule has 19 heavy (non-hydrogen) atoms. The van der Waals surface area contributed by atoms with Crippen molar-refractivity contribution in [3.05, 3.63) is 23.9 Å². The highest BCUT2D eigenvalue weighted by Gasteiger charge is 2.29. The minimum atomic E-state index is -1.02. The van der Waals surface area contributed by atoms with Crippen molar-refractivity contribution in [3.8, 4) is 5.88 Å². The Kier molecular flexibility index (Phi) is 3.99. The molecular weight excluding hydrogens is 248 g/mol. The van der Waals surface area contributed by atoms with Crippen LogP contribution in [0, 0.1) is 5.92 Å². The Morgan fingerprint density at radius 3 is 2.84 bits per heavy atom. The smallest absolute Gasteiger partial charge is 0.323 e. The van der Waals surface area contributed by atoms with Gasteiger partial charge < -0.3 is 14.7 Å². The van der Waals surface area contributed by atoms with Gasteiger partial charge in [-0.25, -0.2) is 4.98 Å². The van der Waals surface area contributed by atoms with E-state index in [-0.39, 0.29) is 18.3 Å². The third-order valence-electron chi connectivity index (χ3n) is 2.98. The van der Waals surface area contributed by atoms with Crippen molar-refractivity contribution < 1.29 is 19.4 Å². The van der Waals surface area contributed by atoms with Crippen LogP contribution in [-0.2, 0) is 4.79 Å². The molecule has 1 amide bonds. The van der Waals surface area contributed by atoms with Gasteiger partial charge in [0, 0.05) is 12.7 Å². The van der Waals surface area contributed by atoms with Gasteiger partial charge in [-0.05, 0) is 30.9 Å². The molecule has 6 heteroatoms. The molecule has 2 rings (SSSR count). The highest BCUT2D eigenvalue weighted by Crippen LogP contribution is 2.30. The molecule has 0 aromatic carbocycles. The van der Waals surface area contributed by atoms with E-state index in [1.54, 1.807) is 12.1 Å². The number of aliphatic carboxylic acids is 1. The molecule has 1 aliphatic carbocycles. The van der Waals surface area contributed by atoms with Crippen LogP contribution in [0.2, 0.25) is 0 Å². The fourth-order valence-electron chi connectivity index (χ4n) is 1.88. The summed E-state index contributed by atoms with van der Waals surface area (Å²) in [6.07, 6.45) is 3.62. The van der Waals surface area contributed by atoms with E-state index in [1.165, 1.54) is 18.2 Å². The zero-order chi connectivity index (χ0) is 13.8. The lowest BCUT2D eigenvalue weighted by atomic mass is 10.2. The second-order valence-electron chi connectivity index (χ2n) is 4.58. The molecule has 1 aromatic rings. The summed E-state index contributed by atoms with van der Waals surface area (Å²) in [5.74, 6) is -0.722. The van der Waals surface area contributed by atoms with Gasteiger partial charge >= 0.3 is 5.97 Å². The van der Waals surface area contributed by atoms with E-state index in [0.717, 1.165) is 12.8 Å². The highest BCUT2D eigenvalue weighted by atomic mass is 16.5. The van der Waals surface area contributed by atoms with Gasteiger partial charge in [0.1, 0.15) is 12.1 Å². The molecule has 0 aliphatic heterocycles. The molecule has 1 fully saturated rings. The second-order valence-corrected chi connectivity index (χ2v) is 4.58. The summed E-state index contributed by atoms with van der Waals surface area (Å²) in [4.78, 5) is 28.5. The number of nitrogens with zero attached hydrogens (tertiary/aromatic N) is 2. The van der Waals surface area contributed by atoms with Gasteiger partial charge in [-0.1, -0.05) is 0 Å². The molecule has 1 aromatic heterocycles. The molecule has 0 atom stereocenters. The van der Waals surface area contributed by atoms with Gasteiger partial charge in [0.2, 0.25) is 5.88 Å². The normalized spacial score (nSPS) is 13.9. The quantitative estimate of drug-likeness (QED) is 0.830. The first kappa shape index (κ1) is 13.3. The lowest BCUT2D eigenvalue weighted by molar-refractivity contribution is -0.137. The molecule has 0 bridgehead atoms. The molecular formula is C13H16N2O4. The van der Waals surface area contributed by atoms with E-state index in [2.05, 4.69) is 4.98 Å². The molecule has 6 nitrogen and oxygen atoms in total. The number of ether oxygens (including phenoxy) is 1. The van der Waals surface area contributed by atoms with Gasteiger partial charge in [0.15, 0.2) is 0 Å². The van der Waals surface area contributed by atoms with Crippen LogP contribution in [0.3, 0.4) is 0 Å². The van der Waals surface area contributed by atoms with E-state index < -0.39 is 5.97 Å². The van der Waals surface area contributed by atoms with Crippen LogP contribution in [0.25, 0.3) is 0 Å². The topological polar surface area (TPSA) is 79.7 Å². The Morgan fingerprint density at radius 2 is 2.26 bits per heavy atom. The second kappa shape index (κ2) is 5.69. The summed E-state index contributed by atoms with van der Waals surface area (Å²) >= 11 is 0. The standard InChI is InChI=1S/C13H16N2O4/c1-19-12-10(3-2-6-14-12)13(18)15(8-11(16)17)7-9-4-5-9/h2-3,6,9H,4-5,7-8H2,1H3,(H,16,17). The van der Waals surface area contributed by atoms with Crippen molar-refractivity contribution >= 4 is 11.9 Å². The van der Waals surface area contributed by atoms with Crippen LogP contribution in [0.5, 0.6) is 5.88 Å². The maximum atomic E-state index is 12.4. The molecule has 0 saturated heterocycles. The minimum Gasteiger partial charge on any atom is -0.480 e. The molecule has 0 radical (unpaired) electrons. The van der Waals surface area contributed by atoms with Gasteiger partial charge in [0.05, 0.1) is 7.11 Å². The predicted octanol–water partition coefficient (Wildman–Crippen LogP) is 1.03. The summed E-state index contributed by atoms with van der Waals surface area (Å²) < 4.78 is 5.04. The molecule has 0 unspecified atom stereocenters. The first-order valence-electron chi connectivity index (χ1n) is 6.12. The van der Waals surface area contributed by atoms with Gasteiger partial charge in [-0.3, -0.25) is 9.59 Å². The van der Waals surface area contributed by atoms with Crippen LogP contribution in [-0.4, -0.2) is 47.1 Å². The number of pyridine rings is 1. The number of hydrogen-bond donors (Lipinski definition) is 1. The monoisotopic (exact) mass is 264 g/mol. The summed E-state index contributed by atoms with van der Waals surface area (Å²) in [7, 11) is 1.43. The zero-order valence-corrected chi connectivity index (χ0v) is 10.7. The molecule has 1 saturated carbocycles. The van der Waals surface area contributed by atoms with Crippen molar-refractivity contribution in [1.29, 1.82) is 0 Å². The van der Waals surface area contributed by atoms with Crippen molar-refractivity contribution in [3.63, 3.8) is 0 Å². The average molecular weight is 264 g/mol. The van der Waals surface area contributed by atoms with E-state index >= 15 is 0 Å². The highest BCUT2D eigenvalue weighted by molar-refractivity contribution is 5.97. The molecule has 1 N–H and O–H groups in total. The average Bonchev–Trinajstić information content (AvgIpc) is 3.20. The van der Waals surface area contributed by atoms with Crippen molar-refractivity contribution in [2.75, 3.05) is 20.2 Å². The fraction of sp³-hybridized carbons (Fsp3) is 0.462. The van der Waals surface area contributed by atoms with Gasteiger partial charge in [-0.15, -0.1) is 0 Å². The lowest BCUT2D eigenvalue weighted by Gasteiger charge is -2.21. The maximum absolute atomic E-state index is 12.4. The molecule has 1 aliphatic rings. The lowest BCUT2D eigenvalue weighted by Crippen LogP contribution is -2.37. The number of hydrogen-bond acceptors (Lipinski definition) is 4.